The Morgan fingerprint density at radius 2 is 1.33 bits per heavy atom. The van der Waals surface area contributed by atoms with Gasteiger partial charge in [-0.2, -0.15) is 0 Å². The van der Waals surface area contributed by atoms with Crippen LogP contribution in [0.5, 0.6) is 5.88 Å². The molecule has 1 heterocycles. The molecule has 0 bridgehead atoms. The molecule has 0 fully saturated rings. The molecule has 30 heavy (non-hydrogen) atoms. The number of halogens is 1. The van der Waals surface area contributed by atoms with E-state index < -0.39 is 6.67 Å². The van der Waals surface area contributed by atoms with Crippen molar-refractivity contribution >= 4 is 17.8 Å². The zero-order valence-electron chi connectivity index (χ0n) is 17.8. The molecule has 164 valence electrons. The Labute approximate surface area is 178 Å². The molecule has 1 aromatic heterocycles. The minimum Gasteiger partial charge on any atom is -0.475 e. The van der Waals surface area contributed by atoms with Crippen molar-refractivity contribution in [3.05, 3.63) is 53.7 Å². The molecule has 0 saturated heterocycles. The third-order valence-electron chi connectivity index (χ3n) is 4.08. The van der Waals surface area contributed by atoms with Crippen LogP contribution in [0.3, 0.4) is 0 Å². The van der Waals surface area contributed by atoms with Gasteiger partial charge in [0.05, 0.1) is 39.6 Å². The first-order valence-electron chi connectivity index (χ1n) is 10.0. The summed E-state index contributed by atoms with van der Waals surface area (Å²) in [6, 6.07) is 12.2. The monoisotopic (exact) mass is 417 g/mol. The number of benzene rings is 1. The third kappa shape index (κ3) is 9.82. The molecule has 2 aromatic rings. The van der Waals surface area contributed by atoms with Gasteiger partial charge in [-0.3, -0.25) is 0 Å². The second-order valence-corrected chi connectivity index (χ2v) is 6.62. The highest BCUT2D eigenvalue weighted by atomic mass is 18.2. The predicted molar refractivity (Wildman–Crippen MR) is 118 cm³/mol. The van der Waals surface area contributed by atoms with Crippen molar-refractivity contribution in [2.75, 3.05) is 71.9 Å². The van der Waals surface area contributed by atoms with Crippen LogP contribution >= 0.6 is 0 Å². The fourth-order valence-corrected chi connectivity index (χ4v) is 2.45. The summed E-state index contributed by atoms with van der Waals surface area (Å²) in [6.07, 6.45) is 5.85. The van der Waals surface area contributed by atoms with Crippen LogP contribution in [0.15, 0.2) is 42.6 Å². The van der Waals surface area contributed by atoms with E-state index in [0.717, 1.165) is 11.1 Å². The molecule has 0 aliphatic heterocycles. The van der Waals surface area contributed by atoms with E-state index in [4.69, 9.17) is 18.9 Å². The third-order valence-corrected chi connectivity index (χ3v) is 4.08. The standard InChI is InChI=1S/C23H31FN2O4/c1-26(2)22-8-5-20(6-9-22)3-4-21-7-10-23(25-19-21)30-18-17-29-16-15-28-14-13-27-12-11-24/h3-10,19H,11-18H2,1-2H3/b4-3+/i24-1. The number of alkyl halides is 1. The smallest absolute Gasteiger partial charge is 0.213 e. The quantitative estimate of drug-likeness (QED) is 0.412. The largest absolute Gasteiger partial charge is 0.475 e. The summed E-state index contributed by atoms with van der Waals surface area (Å²) in [5, 5.41) is 0. The van der Waals surface area contributed by atoms with Crippen LogP contribution in [0.2, 0.25) is 0 Å². The van der Waals surface area contributed by atoms with Gasteiger partial charge < -0.3 is 23.8 Å². The minimum atomic E-state index is -0.469. The van der Waals surface area contributed by atoms with E-state index in [0.29, 0.717) is 45.5 Å². The Morgan fingerprint density at radius 1 is 0.767 bits per heavy atom. The fraction of sp³-hybridized carbons (Fsp3) is 0.435. The van der Waals surface area contributed by atoms with Gasteiger partial charge in [0.2, 0.25) is 5.88 Å². The van der Waals surface area contributed by atoms with E-state index in [-0.39, 0.29) is 6.61 Å². The highest BCUT2D eigenvalue weighted by molar-refractivity contribution is 5.70. The average Bonchev–Trinajstić information content (AvgIpc) is 2.77. The molecule has 0 atom stereocenters. The second-order valence-electron chi connectivity index (χ2n) is 6.62. The van der Waals surface area contributed by atoms with Crippen LogP contribution in [0.25, 0.3) is 12.2 Å². The van der Waals surface area contributed by atoms with Gasteiger partial charge >= 0.3 is 0 Å². The normalized spacial score (nSPS) is 11.2. The summed E-state index contributed by atoms with van der Waals surface area (Å²) in [5.41, 5.74) is 3.31. The van der Waals surface area contributed by atoms with Crippen molar-refractivity contribution in [2.24, 2.45) is 0 Å². The SMILES string of the molecule is CN(C)c1ccc(/C=C/c2ccc(OCCOCCOCCOCC[18F])nc2)cc1. The van der Waals surface area contributed by atoms with Gasteiger partial charge in [-0.15, -0.1) is 0 Å². The second kappa shape index (κ2) is 14.5. The lowest BCUT2D eigenvalue weighted by Crippen LogP contribution is -2.13. The Hall–Kier alpha value is -2.48. The van der Waals surface area contributed by atoms with Crippen molar-refractivity contribution in [1.82, 2.24) is 4.98 Å². The first-order valence-corrected chi connectivity index (χ1v) is 10.0. The number of ether oxygens (including phenoxy) is 4. The highest BCUT2D eigenvalue weighted by Gasteiger charge is 1.97. The number of hydrogen-bond donors (Lipinski definition) is 0. The average molecular weight is 418 g/mol. The van der Waals surface area contributed by atoms with Crippen molar-refractivity contribution in [3.8, 4) is 5.88 Å². The Kier molecular flexibility index (Phi) is 11.5. The van der Waals surface area contributed by atoms with Crippen molar-refractivity contribution < 1.29 is 23.3 Å². The van der Waals surface area contributed by atoms with Gasteiger partial charge in [-0.1, -0.05) is 24.3 Å². The molecule has 2 rings (SSSR count). The van der Waals surface area contributed by atoms with E-state index in [1.54, 1.807) is 6.20 Å². The van der Waals surface area contributed by atoms with Crippen molar-refractivity contribution in [1.29, 1.82) is 0 Å². The number of rotatable bonds is 15. The molecule has 0 amide bonds. The topological polar surface area (TPSA) is 53.1 Å². The van der Waals surface area contributed by atoms with E-state index in [2.05, 4.69) is 40.2 Å². The highest BCUT2D eigenvalue weighted by Crippen LogP contribution is 2.15. The molecular weight excluding hydrogens is 386 g/mol. The first kappa shape index (κ1) is 23.8. The maximum Gasteiger partial charge on any atom is 0.213 e. The number of hydrogen-bond acceptors (Lipinski definition) is 6. The summed E-state index contributed by atoms with van der Waals surface area (Å²) in [6.45, 7) is 2.29. The van der Waals surface area contributed by atoms with Gasteiger partial charge in [0.15, 0.2) is 0 Å². The van der Waals surface area contributed by atoms with Gasteiger partial charge in [-0.25, -0.2) is 9.37 Å². The van der Waals surface area contributed by atoms with Crippen LogP contribution < -0.4 is 9.64 Å². The van der Waals surface area contributed by atoms with Crippen LogP contribution in [0.1, 0.15) is 11.1 Å². The number of anilines is 1. The maximum atomic E-state index is 11.8. The van der Waals surface area contributed by atoms with Crippen molar-refractivity contribution in [2.45, 2.75) is 0 Å². The Morgan fingerprint density at radius 3 is 1.90 bits per heavy atom. The molecule has 0 saturated carbocycles. The zero-order valence-corrected chi connectivity index (χ0v) is 17.8. The summed E-state index contributed by atoms with van der Waals surface area (Å²) < 4.78 is 33.1. The molecule has 0 spiro atoms. The summed E-state index contributed by atoms with van der Waals surface area (Å²) in [5.74, 6) is 0.562. The fourth-order valence-electron chi connectivity index (χ4n) is 2.45. The molecule has 0 N–H and O–H groups in total. The van der Waals surface area contributed by atoms with Gasteiger partial charge in [-0.05, 0) is 29.3 Å². The lowest BCUT2D eigenvalue weighted by atomic mass is 10.1. The first-order chi connectivity index (χ1) is 14.7. The van der Waals surface area contributed by atoms with Crippen LogP contribution in [0.4, 0.5) is 10.1 Å². The number of aromatic nitrogens is 1. The van der Waals surface area contributed by atoms with E-state index in [1.807, 2.05) is 32.3 Å². The number of nitrogens with zero attached hydrogens (tertiary/aromatic N) is 2. The van der Waals surface area contributed by atoms with Crippen molar-refractivity contribution in [3.63, 3.8) is 0 Å². The van der Waals surface area contributed by atoms with Gasteiger partial charge in [0, 0.05) is 32.0 Å². The summed E-state index contributed by atoms with van der Waals surface area (Å²) >= 11 is 0. The lowest BCUT2D eigenvalue weighted by Gasteiger charge is -2.11. The molecule has 6 nitrogen and oxygen atoms in total. The lowest BCUT2D eigenvalue weighted by molar-refractivity contribution is 0.00728. The molecule has 0 unspecified atom stereocenters. The number of pyridine rings is 1. The minimum absolute atomic E-state index is 0.118. The summed E-state index contributed by atoms with van der Waals surface area (Å²) in [7, 11) is 4.05. The molecule has 0 aliphatic carbocycles. The summed E-state index contributed by atoms with van der Waals surface area (Å²) in [4.78, 5) is 6.38. The molecule has 1 aromatic carbocycles. The van der Waals surface area contributed by atoms with Crippen LogP contribution in [0, 0.1) is 0 Å². The van der Waals surface area contributed by atoms with Gasteiger partial charge in [0.25, 0.3) is 0 Å². The predicted octanol–water partition coefficient (Wildman–Crippen LogP) is 3.72. The van der Waals surface area contributed by atoms with Crippen LogP contribution in [-0.4, -0.2) is 72.0 Å². The molecule has 0 aliphatic rings. The Bertz CT molecular complexity index is 721. The van der Waals surface area contributed by atoms with E-state index in [9.17, 15) is 4.39 Å². The molecular formula is C23H31FN2O4. The Balaban J connectivity index is 1.58. The molecule has 0 radical (unpaired) electrons. The molecule has 7 heteroatoms. The van der Waals surface area contributed by atoms with E-state index >= 15 is 0 Å². The van der Waals surface area contributed by atoms with Crippen LogP contribution in [-0.2, 0) is 14.2 Å². The van der Waals surface area contributed by atoms with Gasteiger partial charge in [0.1, 0.15) is 13.3 Å². The zero-order chi connectivity index (χ0) is 21.4. The van der Waals surface area contributed by atoms with E-state index in [1.165, 1.54) is 5.69 Å². The maximum absolute atomic E-state index is 11.8.